The lowest BCUT2D eigenvalue weighted by Crippen LogP contribution is -2.13. The van der Waals surface area contributed by atoms with Crippen LogP contribution in [-0.4, -0.2) is 28.2 Å². The SMILES string of the molecule is Cc1cc2c(CC(=O)O)cccc2n1C(=O)c1ccc(OCCC(C)C)cc1. The van der Waals surface area contributed by atoms with Crippen molar-refractivity contribution < 1.29 is 19.4 Å². The normalized spacial score (nSPS) is 11.1. The summed E-state index contributed by atoms with van der Waals surface area (Å²) in [5, 5.41) is 9.92. The van der Waals surface area contributed by atoms with Gasteiger partial charge in [-0.25, -0.2) is 0 Å². The molecule has 3 rings (SSSR count). The number of hydrogen-bond acceptors (Lipinski definition) is 3. The standard InChI is InChI=1S/C23H25NO4/c1-15(2)11-12-28-19-9-7-17(8-10-19)23(27)24-16(3)13-20-18(14-22(25)26)5-4-6-21(20)24/h4-10,13,15H,11-12,14H2,1-3H3,(H,25,26). The Morgan fingerprint density at radius 3 is 2.46 bits per heavy atom. The molecule has 1 N–H and O–H groups in total. The summed E-state index contributed by atoms with van der Waals surface area (Å²) in [5.74, 6) is 0.290. The van der Waals surface area contributed by atoms with E-state index in [1.54, 1.807) is 28.8 Å². The molecular weight excluding hydrogens is 354 g/mol. The number of aliphatic carboxylic acids is 1. The number of carbonyl (C=O) groups is 2. The van der Waals surface area contributed by atoms with Gasteiger partial charge in [-0.15, -0.1) is 0 Å². The Hall–Kier alpha value is -3.08. The summed E-state index contributed by atoms with van der Waals surface area (Å²) in [6, 6.07) is 14.4. The first-order valence-electron chi connectivity index (χ1n) is 9.46. The summed E-state index contributed by atoms with van der Waals surface area (Å²) in [5.41, 5.74) is 2.75. The molecule has 3 aromatic rings. The number of fused-ring (bicyclic) bond motifs is 1. The maximum atomic E-state index is 13.1. The third-order valence-corrected chi connectivity index (χ3v) is 4.73. The summed E-state index contributed by atoms with van der Waals surface area (Å²) < 4.78 is 7.35. The second kappa shape index (κ2) is 8.30. The molecule has 0 aliphatic heterocycles. The Balaban J connectivity index is 1.87. The minimum Gasteiger partial charge on any atom is -0.494 e. The highest BCUT2D eigenvalue weighted by Crippen LogP contribution is 2.25. The van der Waals surface area contributed by atoms with Crippen molar-refractivity contribution in [2.24, 2.45) is 5.92 Å². The van der Waals surface area contributed by atoms with Gasteiger partial charge in [-0.2, -0.15) is 0 Å². The van der Waals surface area contributed by atoms with Crippen molar-refractivity contribution in [2.45, 2.75) is 33.6 Å². The van der Waals surface area contributed by atoms with Crippen LogP contribution in [0.1, 0.15) is 41.9 Å². The second-order valence-corrected chi connectivity index (χ2v) is 7.40. The highest BCUT2D eigenvalue weighted by atomic mass is 16.5. The molecule has 2 aromatic carbocycles. The van der Waals surface area contributed by atoms with Gasteiger partial charge in [0, 0.05) is 16.6 Å². The topological polar surface area (TPSA) is 68.5 Å². The van der Waals surface area contributed by atoms with Crippen molar-refractivity contribution in [1.29, 1.82) is 0 Å². The first-order valence-corrected chi connectivity index (χ1v) is 9.46. The largest absolute Gasteiger partial charge is 0.494 e. The predicted molar refractivity (Wildman–Crippen MR) is 109 cm³/mol. The van der Waals surface area contributed by atoms with Crippen molar-refractivity contribution in [2.75, 3.05) is 6.61 Å². The lowest BCUT2D eigenvalue weighted by atomic mass is 10.1. The molecule has 0 spiro atoms. The van der Waals surface area contributed by atoms with E-state index in [9.17, 15) is 9.59 Å². The van der Waals surface area contributed by atoms with Crippen LogP contribution < -0.4 is 4.74 Å². The third-order valence-electron chi connectivity index (χ3n) is 4.73. The summed E-state index contributed by atoms with van der Waals surface area (Å²) in [4.78, 5) is 24.2. The Morgan fingerprint density at radius 2 is 1.82 bits per heavy atom. The first kappa shape index (κ1) is 19.7. The van der Waals surface area contributed by atoms with Crippen LogP contribution in [0.15, 0.2) is 48.5 Å². The molecular formula is C23H25NO4. The molecule has 5 nitrogen and oxygen atoms in total. The van der Waals surface area contributed by atoms with Crippen LogP contribution in [0.5, 0.6) is 5.75 Å². The number of aromatic nitrogens is 1. The zero-order chi connectivity index (χ0) is 20.3. The quantitative estimate of drug-likeness (QED) is 0.647. The molecule has 0 aliphatic carbocycles. The Kier molecular flexibility index (Phi) is 5.83. The number of aryl methyl sites for hydroxylation is 1. The number of carboxylic acids is 1. The van der Waals surface area contributed by atoms with Gasteiger partial charge in [0.15, 0.2) is 0 Å². The van der Waals surface area contributed by atoms with E-state index in [1.165, 1.54) is 0 Å². The highest BCUT2D eigenvalue weighted by molar-refractivity contribution is 6.04. The minimum atomic E-state index is -0.891. The average molecular weight is 379 g/mol. The van der Waals surface area contributed by atoms with Crippen LogP contribution >= 0.6 is 0 Å². The van der Waals surface area contributed by atoms with Crippen LogP contribution in [0.3, 0.4) is 0 Å². The van der Waals surface area contributed by atoms with E-state index in [1.807, 2.05) is 31.2 Å². The van der Waals surface area contributed by atoms with Crippen molar-refractivity contribution in [3.63, 3.8) is 0 Å². The van der Waals surface area contributed by atoms with Crippen molar-refractivity contribution in [3.8, 4) is 5.75 Å². The number of nitrogens with zero attached hydrogens (tertiary/aromatic N) is 1. The predicted octanol–water partition coefficient (Wildman–Crippen LogP) is 4.69. The molecule has 28 heavy (non-hydrogen) atoms. The van der Waals surface area contributed by atoms with Crippen molar-refractivity contribution in [1.82, 2.24) is 4.57 Å². The molecule has 0 bridgehead atoms. The number of hydrogen-bond donors (Lipinski definition) is 1. The number of benzene rings is 2. The molecule has 0 fully saturated rings. The second-order valence-electron chi connectivity index (χ2n) is 7.40. The van der Waals surface area contributed by atoms with Crippen molar-refractivity contribution in [3.05, 3.63) is 65.4 Å². The molecule has 0 aliphatic rings. The number of carboxylic acid groups (broad SMARTS) is 1. The molecule has 0 saturated carbocycles. The van der Waals surface area contributed by atoms with Gasteiger partial charge < -0.3 is 9.84 Å². The smallest absolute Gasteiger partial charge is 0.307 e. The monoisotopic (exact) mass is 379 g/mol. The van der Waals surface area contributed by atoms with E-state index in [4.69, 9.17) is 9.84 Å². The number of carbonyl (C=O) groups excluding carboxylic acids is 1. The highest BCUT2D eigenvalue weighted by Gasteiger charge is 2.17. The molecule has 5 heteroatoms. The van der Waals surface area contributed by atoms with Gasteiger partial charge in [0.25, 0.3) is 5.91 Å². The Morgan fingerprint density at radius 1 is 1.11 bits per heavy atom. The fourth-order valence-corrected chi connectivity index (χ4v) is 3.25. The minimum absolute atomic E-state index is 0.0720. The molecule has 0 saturated heterocycles. The van der Waals surface area contributed by atoms with Crippen LogP contribution in [0.25, 0.3) is 10.9 Å². The molecule has 1 aromatic heterocycles. The maximum Gasteiger partial charge on any atom is 0.307 e. The van der Waals surface area contributed by atoms with E-state index in [2.05, 4.69) is 13.8 Å². The lowest BCUT2D eigenvalue weighted by molar-refractivity contribution is -0.136. The van der Waals surface area contributed by atoms with Gasteiger partial charge in [0.05, 0.1) is 18.5 Å². The van der Waals surface area contributed by atoms with E-state index in [0.717, 1.165) is 28.8 Å². The zero-order valence-corrected chi connectivity index (χ0v) is 16.4. The summed E-state index contributed by atoms with van der Waals surface area (Å²) in [7, 11) is 0. The van der Waals surface area contributed by atoms with E-state index >= 15 is 0 Å². The Labute approximate surface area is 164 Å². The number of rotatable bonds is 7. The van der Waals surface area contributed by atoms with Gasteiger partial charge in [0.2, 0.25) is 0 Å². The fraction of sp³-hybridized carbons (Fsp3) is 0.304. The molecule has 0 amide bonds. The fourth-order valence-electron chi connectivity index (χ4n) is 3.25. The maximum absolute atomic E-state index is 13.1. The molecule has 1 heterocycles. The summed E-state index contributed by atoms with van der Waals surface area (Å²) in [6.45, 7) is 6.80. The molecule has 0 unspecified atom stereocenters. The first-order chi connectivity index (χ1) is 13.4. The van der Waals surface area contributed by atoms with E-state index < -0.39 is 5.97 Å². The van der Waals surface area contributed by atoms with Crippen LogP contribution in [-0.2, 0) is 11.2 Å². The van der Waals surface area contributed by atoms with Gasteiger partial charge in [-0.3, -0.25) is 14.2 Å². The molecule has 146 valence electrons. The van der Waals surface area contributed by atoms with Crippen LogP contribution in [0.2, 0.25) is 0 Å². The molecule has 0 radical (unpaired) electrons. The van der Waals surface area contributed by atoms with E-state index in [-0.39, 0.29) is 12.3 Å². The van der Waals surface area contributed by atoms with Crippen LogP contribution in [0, 0.1) is 12.8 Å². The summed E-state index contributed by atoms with van der Waals surface area (Å²) >= 11 is 0. The van der Waals surface area contributed by atoms with Crippen molar-refractivity contribution >= 4 is 22.8 Å². The Bertz CT molecular complexity index is 999. The van der Waals surface area contributed by atoms with E-state index in [0.29, 0.717) is 23.7 Å². The lowest BCUT2D eigenvalue weighted by Gasteiger charge is -2.10. The van der Waals surface area contributed by atoms with Gasteiger partial charge in [0.1, 0.15) is 5.75 Å². The third kappa shape index (κ3) is 4.25. The summed E-state index contributed by atoms with van der Waals surface area (Å²) in [6.07, 6.45) is 0.908. The van der Waals surface area contributed by atoms with Gasteiger partial charge in [-0.1, -0.05) is 26.0 Å². The van der Waals surface area contributed by atoms with Gasteiger partial charge in [-0.05, 0) is 61.2 Å². The average Bonchev–Trinajstić information content (AvgIpc) is 2.98. The van der Waals surface area contributed by atoms with Gasteiger partial charge >= 0.3 is 5.97 Å². The number of ether oxygens (including phenoxy) is 1. The van der Waals surface area contributed by atoms with Crippen LogP contribution in [0.4, 0.5) is 0 Å². The molecule has 0 atom stereocenters. The zero-order valence-electron chi connectivity index (χ0n) is 16.4.